The largest absolute Gasteiger partial charge is 0.465 e. The molecule has 1 aliphatic rings. The van der Waals surface area contributed by atoms with Crippen molar-refractivity contribution < 1.29 is 9.15 Å². The van der Waals surface area contributed by atoms with E-state index in [1.54, 1.807) is 13.4 Å². The fourth-order valence-electron chi connectivity index (χ4n) is 2.38. The zero-order valence-electron chi connectivity index (χ0n) is 10.1. The van der Waals surface area contributed by atoms with Crippen LogP contribution >= 0.6 is 0 Å². The molecule has 0 bridgehead atoms. The van der Waals surface area contributed by atoms with Crippen LogP contribution in [0.25, 0.3) is 6.08 Å². The molecule has 1 saturated carbocycles. The van der Waals surface area contributed by atoms with Crippen molar-refractivity contribution in [1.29, 1.82) is 5.26 Å². The van der Waals surface area contributed by atoms with Crippen LogP contribution in [-0.2, 0) is 4.74 Å². The zero-order valence-corrected chi connectivity index (χ0v) is 10.1. The molecule has 0 amide bonds. The van der Waals surface area contributed by atoms with E-state index in [1.807, 2.05) is 18.2 Å². The van der Waals surface area contributed by atoms with Gasteiger partial charge in [-0.15, -0.1) is 0 Å². The normalized spacial score (nSPS) is 25.5. The number of allylic oxidation sites excluding steroid dienone is 1. The predicted octanol–water partition coefficient (Wildman–Crippen LogP) is 3.39. The first-order chi connectivity index (χ1) is 8.33. The van der Waals surface area contributed by atoms with Crippen molar-refractivity contribution in [2.24, 2.45) is 5.92 Å². The first-order valence-corrected chi connectivity index (χ1v) is 6.01. The van der Waals surface area contributed by atoms with Gasteiger partial charge >= 0.3 is 0 Å². The second kappa shape index (κ2) is 5.70. The van der Waals surface area contributed by atoms with E-state index in [1.165, 1.54) is 0 Å². The van der Waals surface area contributed by atoms with Gasteiger partial charge in [-0.3, -0.25) is 0 Å². The van der Waals surface area contributed by atoms with Gasteiger partial charge in [0, 0.05) is 12.7 Å². The van der Waals surface area contributed by atoms with E-state index >= 15 is 0 Å². The summed E-state index contributed by atoms with van der Waals surface area (Å²) in [6, 6.07) is 6.01. The number of ether oxygens (including phenoxy) is 1. The van der Waals surface area contributed by atoms with Crippen molar-refractivity contribution >= 4 is 6.08 Å². The van der Waals surface area contributed by atoms with Crippen molar-refractivity contribution in [3.63, 3.8) is 0 Å². The highest BCUT2D eigenvalue weighted by atomic mass is 16.5. The van der Waals surface area contributed by atoms with Crippen LogP contribution in [0.3, 0.4) is 0 Å². The van der Waals surface area contributed by atoms with E-state index in [4.69, 9.17) is 9.15 Å². The third kappa shape index (κ3) is 2.98. The lowest BCUT2D eigenvalue weighted by molar-refractivity contribution is 0.0619. The summed E-state index contributed by atoms with van der Waals surface area (Å²) in [5, 5.41) is 9.21. The molecule has 90 valence electrons. The monoisotopic (exact) mass is 231 g/mol. The minimum atomic E-state index is 0.358. The van der Waals surface area contributed by atoms with Gasteiger partial charge in [0.1, 0.15) is 5.76 Å². The van der Waals surface area contributed by atoms with Gasteiger partial charge < -0.3 is 9.15 Å². The van der Waals surface area contributed by atoms with Crippen molar-refractivity contribution in [2.75, 3.05) is 7.11 Å². The highest BCUT2D eigenvalue weighted by Gasteiger charge is 2.23. The van der Waals surface area contributed by atoms with Crippen LogP contribution < -0.4 is 0 Å². The minimum absolute atomic E-state index is 0.358. The Morgan fingerprint density at radius 2 is 2.24 bits per heavy atom. The van der Waals surface area contributed by atoms with Gasteiger partial charge in [-0.25, -0.2) is 0 Å². The smallest absolute Gasteiger partial charge is 0.127 e. The third-order valence-corrected chi connectivity index (χ3v) is 3.42. The van der Waals surface area contributed by atoms with E-state index in [2.05, 4.69) is 6.07 Å². The zero-order chi connectivity index (χ0) is 12.1. The highest BCUT2D eigenvalue weighted by molar-refractivity contribution is 5.53. The van der Waals surface area contributed by atoms with E-state index in [0.717, 1.165) is 37.0 Å². The molecule has 0 spiro atoms. The van der Waals surface area contributed by atoms with Gasteiger partial charge in [0.05, 0.1) is 18.4 Å². The van der Waals surface area contributed by atoms with Gasteiger partial charge in [-0.2, -0.15) is 5.26 Å². The molecule has 1 aliphatic carbocycles. The molecule has 3 heteroatoms. The Hall–Kier alpha value is -1.53. The average molecular weight is 231 g/mol. The summed E-state index contributed by atoms with van der Waals surface area (Å²) in [4.78, 5) is 0. The number of nitrogens with zero attached hydrogens (tertiary/aromatic N) is 1. The van der Waals surface area contributed by atoms with Crippen LogP contribution in [0.15, 0.2) is 28.4 Å². The van der Waals surface area contributed by atoms with E-state index in [9.17, 15) is 5.26 Å². The Kier molecular flexibility index (Phi) is 4.00. The summed E-state index contributed by atoms with van der Waals surface area (Å²) in [5.74, 6) is 1.12. The van der Waals surface area contributed by atoms with Crippen LogP contribution in [-0.4, -0.2) is 13.2 Å². The second-order valence-corrected chi connectivity index (χ2v) is 4.44. The maximum absolute atomic E-state index is 9.21. The number of hydrogen-bond acceptors (Lipinski definition) is 3. The molecule has 2 rings (SSSR count). The molecular weight excluding hydrogens is 214 g/mol. The van der Waals surface area contributed by atoms with Gasteiger partial charge in [-0.05, 0) is 49.8 Å². The second-order valence-electron chi connectivity index (χ2n) is 4.44. The van der Waals surface area contributed by atoms with Crippen LogP contribution in [0.4, 0.5) is 0 Å². The predicted molar refractivity (Wildman–Crippen MR) is 65.1 cm³/mol. The van der Waals surface area contributed by atoms with E-state index < -0.39 is 0 Å². The lowest BCUT2D eigenvalue weighted by atomic mass is 9.82. The first kappa shape index (κ1) is 11.9. The lowest BCUT2D eigenvalue weighted by Crippen LogP contribution is -2.21. The molecule has 0 aliphatic heterocycles. The molecule has 3 nitrogen and oxygen atoms in total. The van der Waals surface area contributed by atoms with Crippen LogP contribution in [0, 0.1) is 17.2 Å². The summed E-state index contributed by atoms with van der Waals surface area (Å²) < 4.78 is 10.6. The summed E-state index contributed by atoms with van der Waals surface area (Å²) in [6.07, 6.45) is 7.99. The molecule has 17 heavy (non-hydrogen) atoms. The van der Waals surface area contributed by atoms with Gasteiger partial charge in [0.15, 0.2) is 0 Å². The summed E-state index contributed by atoms with van der Waals surface area (Å²) in [6.45, 7) is 0. The Balaban J connectivity index is 2.03. The minimum Gasteiger partial charge on any atom is -0.465 e. The van der Waals surface area contributed by atoms with Gasteiger partial charge in [-0.1, -0.05) is 0 Å². The molecule has 0 N–H and O–H groups in total. The van der Waals surface area contributed by atoms with E-state index in [-0.39, 0.29) is 0 Å². The molecule has 0 aromatic carbocycles. The number of nitriles is 1. The summed E-state index contributed by atoms with van der Waals surface area (Å²) in [7, 11) is 1.76. The number of furan rings is 1. The topological polar surface area (TPSA) is 46.2 Å². The summed E-state index contributed by atoms with van der Waals surface area (Å²) >= 11 is 0. The molecule has 0 radical (unpaired) electrons. The SMILES string of the molecule is COC1CCC(C(C#N)=Cc2ccco2)CC1. The Morgan fingerprint density at radius 3 is 2.76 bits per heavy atom. The number of methoxy groups -OCH3 is 1. The Labute approximate surface area is 102 Å². The molecule has 1 aromatic heterocycles. The van der Waals surface area contributed by atoms with Crippen molar-refractivity contribution in [2.45, 2.75) is 31.8 Å². The Morgan fingerprint density at radius 1 is 1.47 bits per heavy atom. The Bertz CT molecular complexity index is 406. The maximum atomic E-state index is 9.21. The third-order valence-electron chi connectivity index (χ3n) is 3.42. The summed E-state index contributed by atoms with van der Waals surface area (Å²) in [5.41, 5.74) is 0.828. The van der Waals surface area contributed by atoms with Crippen LogP contribution in [0.5, 0.6) is 0 Å². The first-order valence-electron chi connectivity index (χ1n) is 6.01. The molecule has 1 aromatic rings. The van der Waals surface area contributed by atoms with Crippen molar-refractivity contribution in [3.8, 4) is 6.07 Å². The highest BCUT2D eigenvalue weighted by Crippen LogP contribution is 2.31. The fraction of sp³-hybridized carbons (Fsp3) is 0.500. The molecule has 1 fully saturated rings. The number of hydrogen-bond donors (Lipinski definition) is 0. The van der Waals surface area contributed by atoms with E-state index in [0.29, 0.717) is 12.0 Å². The van der Waals surface area contributed by atoms with Gasteiger partial charge in [0.2, 0.25) is 0 Å². The quantitative estimate of drug-likeness (QED) is 0.749. The average Bonchev–Trinajstić information content (AvgIpc) is 2.89. The van der Waals surface area contributed by atoms with Crippen LogP contribution in [0.1, 0.15) is 31.4 Å². The fourth-order valence-corrected chi connectivity index (χ4v) is 2.38. The maximum Gasteiger partial charge on any atom is 0.127 e. The lowest BCUT2D eigenvalue weighted by Gasteiger charge is -2.27. The molecular formula is C14H17NO2. The van der Waals surface area contributed by atoms with Gasteiger partial charge in [0.25, 0.3) is 0 Å². The molecule has 0 saturated heterocycles. The van der Waals surface area contributed by atoms with Crippen molar-refractivity contribution in [1.82, 2.24) is 0 Å². The molecule has 1 heterocycles. The number of rotatable bonds is 3. The molecule has 0 unspecified atom stereocenters. The standard InChI is InChI=1S/C14H17NO2/c1-16-13-6-4-11(5-7-13)12(10-15)9-14-3-2-8-17-14/h2-3,8-9,11,13H,4-7H2,1H3. The molecule has 0 atom stereocenters. The van der Waals surface area contributed by atoms with Crippen LogP contribution in [0.2, 0.25) is 0 Å². The van der Waals surface area contributed by atoms with Crippen molar-refractivity contribution in [3.05, 3.63) is 29.7 Å².